The van der Waals surface area contributed by atoms with Gasteiger partial charge in [0.25, 0.3) is 0 Å². The summed E-state index contributed by atoms with van der Waals surface area (Å²) in [6.07, 6.45) is -0.0700. The van der Waals surface area contributed by atoms with E-state index in [9.17, 15) is 19.2 Å². The van der Waals surface area contributed by atoms with E-state index < -0.39 is 41.5 Å². The zero-order valence-corrected chi connectivity index (χ0v) is 15.8. The van der Waals surface area contributed by atoms with E-state index in [0.29, 0.717) is 6.42 Å². The fourth-order valence-corrected chi connectivity index (χ4v) is 1.83. The first kappa shape index (κ1) is 22.7. The third kappa shape index (κ3) is 9.53. The summed E-state index contributed by atoms with van der Waals surface area (Å²) in [4.78, 5) is 46.8. The molecule has 0 saturated heterocycles. The number of rotatable bonds is 8. The molecule has 9 nitrogen and oxygen atoms in total. The van der Waals surface area contributed by atoms with Crippen molar-refractivity contribution < 1.29 is 23.9 Å². The highest BCUT2D eigenvalue weighted by Crippen LogP contribution is 2.07. The molecular weight excluding hydrogens is 328 g/mol. The Kier molecular flexibility index (Phi) is 8.94. The van der Waals surface area contributed by atoms with Crippen LogP contribution in [0.25, 0.3) is 0 Å². The van der Waals surface area contributed by atoms with E-state index in [-0.39, 0.29) is 12.5 Å². The van der Waals surface area contributed by atoms with Gasteiger partial charge in [-0.1, -0.05) is 20.3 Å². The second-order valence-corrected chi connectivity index (χ2v) is 6.92. The number of alkyl carbamates (subject to hydrolysis) is 1. The Labute approximate surface area is 148 Å². The zero-order valence-electron chi connectivity index (χ0n) is 15.8. The number of hydrogen-bond donors (Lipinski definition) is 4. The van der Waals surface area contributed by atoms with Crippen molar-refractivity contribution in [2.75, 3.05) is 6.54 Å². The third-order valence-electron chi connectivity index (χ3n) is 3.38. The first-order valence-electron chi connectivity index (χ1n) is 8.23. The van der Waals surface area contributed by atoms with Crippen LogP contribution in [0.4, 0.5) is 4.79 Å². The van der Waals surface area contributed by atoms with Crippen molar-refractivity contribution in [3.8, 4) is 0 Å². The van der Waals surface area contributed by atoms with Gasteiger partial charge in [0.2, 0.25) is 17.7 Å². The van der Waals surface area contributed by atoms with Crippen LogP contribution in [-0.2, 0) is 19.1 Å². The van der Waals surface area contributed by atoms with E-state index in [2.05, 4.69) is 16.0 Å². The van der Waals surface area contributed by atoms with Crippen LogP contribution in [0.15, 0.2) is 0 Å². The fourth-order valence-electron chi connectivity index (χ4n) is 1.83. The molecule has 0 saturated carbocycles. The lowest BCUT2D eigenvalue weighted by molar-refractivity contribution is -0.131. The second kappa shape index (κ2) is 9.85. The van der Waals surface area contributed by atoms with Gasteiger partial charge in [0.15, 0.2) is 0 Å². The van der Waals surface area contributed by atoms with E-state index in [1.165, 1.54) is 6.92 Å². The molecule has 0 radical (unpaired) electrons. The van der Waals surface area contributed by atoms with Gasteiger partial charge in [-0.15, -0.1) is 0 Å². The van der Waals surface area contributed by atoms with E-state index in [1.807, 2.05) is 6.92 Å². The Morgan fingerprint density at radius 3 is 2.08 bits per heavy atom. The van der Waals surface area contributed by atoms with Crippen LogP contribution in [0.3, 0.4) is 0 Å². The van der Waals surface area contributed by atoms with Gasteiger partial charge in [-0.2, -0.15) is 0 Å². The smallest absolute Gasteiger partial charge is 0.408 e. The van der Waals surface area contributed by atoms with Crippen LogP contribution in [-0.4, -0.2) is 48.0 Å². The van der Waals surface area contributed by atoms with Crippen LogP contribution in [0, 0.1) is 5.92 Å². The van der Waals surface area contributed by atoms with Gasteiger partial charge >= 0.3 is 6.09 Å². The van der Waals surface area contributed by atoms with Gasteiger partial charge in [-0.3, -0.25) is 14.4 Å². The van der Waals surface area contributed by atoms with Crippen molar-refractivity contribution in [2.24, 2.45) is 11.7 Å². The summed E-state index contributed by atoms with van der Waals surface area (Å²) in [6.45, 7) is 9.90. The molecule has 0 aromatic carbocycles. The molecule has 0 aromatic rings. The van der Waals surface area contributed by atoms with E-state index in [0.717, 1.165) is 0 Å². The highest BCUT2D eigenvalue weighted by molar-refractivity contribution is 5.92. The van der Waals surface area contributed by atoms with E-state index in [4.69, 9.17) is 10.5 Å². The summed E-state index contributed by atoms with van der Waals surface area (Å²) in [7, 11) is 0. The Hall–Kier alpha value is -2.32. The minimum Gasteiger partial charge on any atom is -0.444 e. The van der Waals surface area contributed by atoms with Crippen molar-refractivity contribution in [1.29, 1.82) is 0 Å². The molecule has 0 bridgehead atoms. The molecule has 0 aliphatic heterocycles. The van der Waals surface area contributed by atoms with Crippen molar-refractivity contribution in [3.05, 3.63) is 0 Å². The molecule has 9 heteroatoms. The topological polar surface area (TPSA) is 140 Å². The maximum Gasteiger partial charge on any atom is 0.408 e. The normalized spacial score (nSPS) is 14.6. The molecule has 144 valence electrons. The summed E-state index contributed by atoms with van der Waals surface area (Å²) >= 11 is 0. The Morgan fingerprint density at radius 1 is 1.08 bits per heavy atom. The van der Waals surface area contributed by atoms with Crippen molar-refractivity contribution in [3.63, 3.8) is 0 Å². The van der Waals surface area contributed by atoms with Crippen LogP contribution >= 0.6 is 0 Å². The molecule has 0 aliphatic rings. The van der Waals surface area contributed by atoms with Gasteiger partial charge in [-0.05, 0) is 33.6 Å². The zero-order chi connectivity index (χ0) is 19.8. The standard InChI is InChI=1S/C16H30N4O5/c1-7-9(2)12(13(17)22)20-14(23)10(3)19-11(21)8-18-15(24)25-16(4,5)6/h9-10,12H,7-8H2,1-6H3,(H2,17,22)(H,18,24)(H,19,21)(H,20,23)/t9-,10-,12+/m0/s1. The van der Waals surface area contributed by atoms with Gasteiger partial charge < -0.3 is 26.4 Å². The first-order chi connectivity index (χ1) is 11.4. The average Bonchev–Trinajstić information content (AvgIpc) is 2.47. The molecule has 0 fully saturated rings. The molecule has 0 unspecified atom stereocenters. The lowest BCUT2D eigenvalue weighted by Gasteiger charge is -2.23. The number of primary amides is 1. The minimum absolute atomic E-state index is 0.127. The molecule has 3 atom stereocenters. The minimum atomic E-state index is -0.890. The van der Waals surface area contributed by atoms with E-state index >= 15 is 0 Å². The maximum atomic E-state index is 12.1. The highest BCUT2D eigenvalue weighted by atomic mass is 16.6. The number of nitrogens with one attached hydrogen (secondary N) is 3. The summed E-state index contributed by atoms with van der Waals surface area (Å²) in [5.41, 5.74) is 4.62. The lowest BCUT2D eigenvalue weighted by atomic mass is 9.98. The summed E-state index contributed by atoms with van der Waals surface area (Å²) < 4.78 is 5.00. The Bertz CT molecular complexity index is 501. The average molecular weight is 358 g/mol. The number of ether oxygens (including phenoxy) is 1. The number of carbonyl (C=O) groups is 4. The number of nitrogens with two attached hydrogens (primary N) is 1. The van der Waals surface area contributed by atoms with Crippen LogP contribution in [0.1, 0.15) is 48.0 Å². The Morgan fingerprint density at radius 2 is 1.64 bits per heavy atom. The maximum absolute atomic E-state index is 12.1. The van der Waals surface area contributed by atoms with Crippen molar-refractivity contribution in [2.45, 2.75) is 65.6 Å². The van der Waals surface area contributed by atoms with Gasteiger partial charge in [-0.25, -0.2) is 4.79 Å². The fraction of sp³-hybridized carbons (Fsp3) is 0.750. The number of carbonyl (C=O) groups excluding carboxylic acids is 4. The molecule has 0 aromatic heterocycles. The van der Waals surface area contributed by atoms with Crippen molar-refractivity contribution in [1.82, 2.24) is 16.0 Å². The first-order valence-corrected chi connectivity index (χ1v) is 8.23. The molecule has 0 spiro atoms. The molecular formula is C16H30N4O5. The predicted molar refractivity (Wildman–Crippen MR) is 92.4 cm³/mol. The lowest BCUT2D eigenvalue weighted by Crippen LogP contribution is -2.54. The Balaban J connectivity index is 4.44. The summed E-state index contributed by atoms with van der Waals surface area (Å²) in [5.74, 6) is -1.85. The highest BCUT2D eigenvalue weighted by Gasteiger charge is 2.26. The number of amides is 4. The molecule has 0 heterocycles. The second-order valence-electron chi connectivity index (χ2n) is 6.92. The molecule has 0 aliphatic carbocycles. The molecule has 25 heavy (non-hydrogen) atoms. The van der Waals surface area contributed by atoms with Crippen LogP contribution < -0.4 is 21.7 Å². The molecule has 5 N–H and O–H groups in total. The molecule has 4 amide bonds. The van der Waals surface area contributed by atoms with Gasteiger partial charge in [0, 0.05) is 0 Å². The van der Waals surface area contributed by atoms with Crippen molar-refractivity contribution >= 4 is 23.8 Å². The van der Waals surface area contributed by atoms with Crippen LogP contribution in [0.2, 0.25) is 0 Å². The monoisotopic (exact) mass is 358 g/mol. The predicted octanol–water partition coefficient (Wildman–Crippen LogP) is 0.0320. The SMILES string of the molecule is CC[C@H](C)[C@@H](NC(=O)[C@H](C)NC(=O)CNC(=O)OC(C)(C)C)C(N)=O. The summed E-state index contributed by atoms with van der Waals surface area (Å²) in [5, 5.41) is 7.24. The van der Waals surface area contributed by atoms with Crippen LogP contribution in [0.5, 0.6) is 0 Å². The number of hydrogen-bond acceptors (Lipinski definition) is 5. The van der Waals surface area contributed by atoms with E-state index in [1.54, 1.807) is 27.7 Å². The largest absolute Gasteiger partial charge is 0.444 e. The summed E-state index contributed by atoms with van der Waals surface area (Å²) in [6, 6.07) is -1.70. The third-order valence-corrected chi connectivity index (χ3v) is 3.38. The van der Waals surface area contributed by atoms with Gasteiger partial charge in [0.1, 0.15) is 24.2 Å². The van der Waals surface area contributed by atoms with Gasteiger partial charge in [0.05, 0.1) is 0 Å². The quantitative estimate of drug-likeness (QED) is 0.485. The molecule has 0 rings (SSSR count).